The van der Waals surface area contributed by atoms with Crippen LogP contribution in [0.3, 0.4) is 0 Å². The number of benzene rings is 2. The van der Waals surface area contributed by atoms with E-state index < -0.39 is 10.0 Å². The first-order valence-corrected chi connectivity index (χ1v) is 10.2. The molecule has 0 fully saturated rings. The minimum atomic E-state index is -3.75. The fourth-order valence-electron chi connectivity index (χ4n) is 3.44. The molecule has 0 spiro atoms. The number of aryl methyl sites for hydroxylation is 2. The summed E-state index contributed by atoms with van der Waals surface area (Å²) in [6.45, 7) is -0.0888. The molecule has 0 aliphatic carbocycles. The van der Waals surface area contributed by atoms with Gasteiger partial charge in [-0.1, -0.05) is 12.1 Å². The number of rotatable bonds is 3. The number of nitrogens with one attached hydrogen (secondary N) is 1. The molecule has 1 aliphatic rings. The van der Waals surface area contributed by atoms with Gasteiger partial charge in [-0.05, 0) is 30.3 Å². The first-order valence-electron chi connectivity index (χ1n) is 8.80. The van der Waals surface area contributed by atoms with Crippen LogP contribution < -0.4 is 11.0 Å². The van der Waals surface area contributed by atoms with Crippen LogP contribution in [0, 0.1) is 0 Å². The predicted molar refractivity (Wildman–Crippen MR) is 110 cm³/mol. The van der Waals surface area contributed by atoms with Crippen molar-refractivity contribution < 1.29 is 13.2 Å². The van der Waals surface area contributed by atoms with Gasteiger partial charge < -0.3 is 10.2 Å². The first kappa shape index (κ1) is 18.9. The molecule has 1 amide bonds. The molecule has 0 unspecified atom stereocenters. The van der Waals surface area contributed by atoms with E-state index in [0.29, 0.717) is 16.8 Å². The number of likely N-dealkylation sites (N-methyl/N-ethyl adjacent to an activating group) is 1. The number of hydrogen-bond donors (Lipinski definition) is 1. The van der Waals surface area contributed by atoms with Gasteiger partial charge in [-0.2, -0.15) is 8.42 Å². The standard InChI is InChI=1S/C19H19N5O4S/c1-22(18-13-6-4-5-7-16(13)29(27,28)21-18)11-17(25)20-12-8-9-14-15(10-12)24(3)19(26)23(14)2/h4-10H,11H2,1-3H3,(H,20,25). The lowest BCUT2D eigenvalue weighted by Crippen LogP contribution is -2.34. The van der Waals surface area contributed by atoms with Crippen molar-refractivity contribution in [3.05, 3.63) is 58.5 Å². The van der Waals surface area contributed by atoms with Crippen LogP contribution in [-0.4, -0.2) is 47.8 Å². The second-order valence-corrected chi connectivity index (χ2v) is 8.47. The quantitative estimate of drug-likeness (QED) is 0.687. The molecule has 1 aromatic heterocycles. The number of carbonyl (C=O) groups excluding carboxylic acids is 1. The zero-order valence-corrected chi connectivity index (χ0v) is 16.9. The summed E-state index contributed by atoms with van der Waals surface area (Å²) in [5.41, 5.74) is 2.32. The van der Waals surface area contributed by atoms with Crippen LogP contribution in [0.15, 0.2) is 56.6 Å². The molecule has 3 aromatic rings. The second-order valence-electron chi connectivity index (χ2n) is 6.89. The van der Waals surface area contributed by atoms with Crippen molar-refractivity contribution >= 4 is 38.5 Å². The third-order valence-electron chi connectivity index (χ3n) is 4.91. The summed E-state index contributed by atoms with van der Waals surface area (Å²) >= 11 is 0. The topological polar surface area (TPSA) is 106 Å². The fourth-order valence-corrected chi connectivity index (χ4v) is 4.69. The van der Waals surface area contributed by atoms with Crippen LogP contribution in [0.2, 0.25) is 0 Å². The zero-order valence-electron chi connectivity index (χ0n) is 16.1. The lowest BCUT2D eigenvalue weighted by atomic mass is 10.2. The first-order chi connectivity index (χ1) is 13.7. The highest BCUT2D eigenvalue weighted by Crippen LogP contribution is 2.27. The molecule has 29 heavy (non-hydrogen) atoms. The molecule has 0 radical (unpaired) electrons. The van der Waals surface area contributed by atoms with Crippen LogP contribution in [0.25, 0.3) is 11.0 Å². The number of hydrogen-bond acceptors (Lipinski definition) is 5. The smallest absolute Gasteiger partial charge is 0.328 e. The van der Waals surface area contributed by atoms with Crippen molar-refractivity contribution in [3.63, 3.8) is 0 Å². The van der Waals surface area contributed by atoms with E-state index in [1.807, 2.05) is 0 Å². The highest BCUT2D eigenvalue weighted by molar-refractivity contribution is 7.90. The van der Waals surface area contributed by atoms with Gasteiger partial charge in [-0.25, -0.2) is 4.79 Å². The Morgan fingerprint density at radius 1 is 1.10 bits per heavy atom. The van der Waals surface area contributed by atoms with Crippen molar-refractivity contribution in [1.29, 1.82) is 0 Å². The van der Waals surface area contributed by atoms with Gasteiger partial charge in [0.2, 0.25) is 5.91 Å². The summed E-state index contributed by atoms with van der Waals surface area (Å²) in [6.07, 6.45) is 0. The molecule has 0 saturated heterocycles. The van der Waals surface area contributed by atoms with E-state index >= 15 is 0 Å². The summed E-state index contributed by atoms with van der Waals surface area (Å²) < 4.78 is 31.2. The molecule has 1 aliphatic heterocycles. The van der Waals surface area contributed by atoms with Crippen LogP contribution in [-0.2, 0) is 28.9 Å². The number of amides is 1. The Bertz CT molecular complexity index is 1350. The van der Waals surface area contributed by atoms with E-state index in [1.54, 1.807) is 57.5 Å². The number of imidazole rings is 1. The normalized spacial score (nSPS) is 14.5. The van der Waals surface area contributed by atoms with E-state index in [0.717, 1.165) is 5.52 Å². The highest BCUT2D eigenvalue weighted by Gasteiger charge is 2.30. The molecule has 2 heterocycles. The largest absolute Gasteiger partial charge is 0.349 e. The molecular weight excluding hydrogens is 394 g/mol. The van der Waals surface area contributed by atoms with Crippen molar-refractivity contribution in [3.8, 4) is 0 Å². The number of carbonyl (C=O) groups is 1. The van der Waals surface area contributed by atoms with Crippen LogP contribution in [0.1, 0.15) is 5.56 Å². The van der Waals surface area contributed by atoms with Crippen LogP contribution >= 0.6 is 0 Å². The third kappa shape index (κ3) is 3.11. The Hall–Kier alpha value is -3.40. The summed E-state index contributed by atoms with van der Waals surface area (Å²) in [5.74, 6) is -0.103. The van der Waals surface area contributed by atoms with Gasteiger partial charge >= 0.3 is 5.69 Å². The Kier molecular flexibility index (Phi) is 4.30. The number of amidine groups is 1. The summed E-state index contributed by atoms with van der Waals surface area (Å²) in [5, 5.41) is 2.78. The average molecular weight is 413 g/mol. The SMILES string of the molecule is CN(CC(=O)Nc1ccc2c(c1)n(C)c(=O)n2C)C1=NS(=O)(=O)c2ccccc21. The van der Waals surface area contributed by atoms with Gasteiger partial charge in [-0.3, -0.25) is 13.9 Å². The Labute approximate surface area is 166 Å². The number of fused-ring (bicyclic) bond motifs is 2. The Balaban J connectivity index is 1.54. The van der Waals surface area contributed by atoms with E-state index in [4.69, 9.17) is 0 Å². The van der Waals surface area contributed by atoms with E-state index in [2.05, 4.69) is 9.71 Å². The summed E-state index contributed by atoms with van der Waals surface area (Å²) in [6, 6.07) is 11.7. The maximum absolute atomic E-state index is 12.5. The molecule has 0 atom stereocenters. The second kappa shape index (κ2) is 6.59. The molecule has 150 valence electrons. The minimum Gasteiger partial charge on any atom is -0.349 e. The van der Waals surface area contributed by atoms with Crippen molar-refractivity contribution in [2.24, 2.45) is 18.5 Å². The van der Waals surface area contributed by atoms with Crippen LogP contribution in [0.4, 0.5) is 5.69 Å². The number of nitrogens with zero attached hydrogens (tertiary/aromatic N) is 4. The molecular formula is C19H19N5O4S. The van der Waals surface area contributed by atoms with E-state index in [1.165, 1.54) is 20.1 Å². The average Bonchev–Trinajstić information content (AvgIpc) is 3.08. The van der Waals surface area contributed by atoms with Gasteiger partial charge in [0.15, 0.2) is 5.84 Å². The Morgan fingerprint density at radius 2 is 1.79 bits per heavy atom. The van der Waals surface area contributed by atoms with Gasteiger partial charge in [-0.15, -0.1) is 4.40 Å². The molecule has 0 saturated carbocycles. The van der Waals surface area contributed by atoms with Gasteiger partial charge in [0.05, 0.1) is 17.6 Å². The lowest BCUT2D eigenvalue weighted by molar-refractivity contribution is -0.116. The Morgan fingerprint density at radius 3 is 2.55 bits per heavy atom. The van der Waals surface area contributed by atoms with E-state index in [9.17, 15) is 18.0 Å². The molecule has 10 heteroatoms. The number of sulfonamides is 1. The number of aromatic nitrogens is 2. The van der Waals surface area contributed by atoms with Crippen LogP contribution in [0.5, 0.6) is 0 Å². The summed E-state index contributed by atoms with van der Waals surface area (Å²) in [7, 11) is 1.22. The molecule has 1 N–H and O–H groups in total. The molecule has 0 bridgehead atoms. The zero-order chi connectivity index (χ0) is 20.9. The maximum atomic E-state index is 12.5. The van der Waals surface area contributed by atoms with Gasteiger partial charge in [0.25, 0.3) is 10.0 Å². The monoisotopic (exact) mass is 413 g/mol. The molecule has 2 aromatic carbocycles. The highest BCUT2D eigenvalue weighted by atomic mass is 32.2. The maximum Gasteiger partial charge on any atom is 0.328 e. The van der Waals surface area contributed by atoms with E-state index in [-0.39, 0.29) is 28.9 Å². The molecule has 9 nitrogen and oxygen atoms in total. The summed E-state index contributed by atoms with van der Waals surface area (Å²) in [4.78, 5) is 26.2. The predicted octanol–water partition coefficient (Wildman–Crippen LogP) is 0.896. The minimum absolute atomic E-state index is 0.0888. The third-order valence-corrected chi connectivity index (χ3v) is 6.24. The lowest BCUT2D eigenvalue weighted by Gasteiger charge is -2.18. The van der Waals surface area contributed by atoms with Gasteiger partial charge in [0, 0.05) is 32.4 Å². The fraction of sp³-hybridized carbons (Fsp3) is 0.211. The number of anilines is 1. The van der Waals surface area contributed by atoms with Gasteiger partial charge in [0.1, 0.15) is 4.90 Å². The van der Waals surface area contributed by atoms with Crippen molar-refractivity contribution in [2.45, 2.75) is 4.90 Å². The van der Waals surface area contributed by atoms with Crippen molar-refractivity contribution in [2.75, 3.05) is 18.9 Å². The van der Waals surface area contributed by atoms with Crippen molar-refractivity contribution in [1.82, 2.24) is 14.0 Å². The molecule has 4 rings (SSSR count).